The second-order valence-corrected chi connectivity index (χ2v) is 9.42. The highest BCUT2D eigenvalue weighted by Crippen LogP contribution is 2.23. The van der Waals surface area contributed by atoms with E-state index in [2.05, 4.69) is 15.1 Å². The summed E-state index contributed by atoms with van der Waals surface area (Å²) >= 11 is 0. The van der Waals surface area contributed by atoms with Crippen LogP contribution in [-0.2, 0) is 14.3 Å². The number of nitrogens with zero attached hydrogens (tertiary/aromatic N) is 3. The summed E-state index contributed by atoms with van der Waals surface area (Å²) in [4.78, 5) is 42.8. The molecule has 11 heteroatoms. The van der Waals surface area contributed by atoms with Crippen LogP contribution < -0.4 is 15.0 Å². The number of amides is 2. The van der Waals surface area contributed by atoms with Crippen LogP contribution >= 0.6 is 0 Å². The molecule has 0 aliphatic carbocycles. The fourth-order valence-corrected chi connectivity index (χ4v) is 4.62. The van der Waals surface area contributed by atoms with Crippen LogP contribution in [0.2, 0.25) is 0 Å². The van der Waals surface area contributed by atoms with Gasteiger partial charge in [-0.15, -0.1) is 0 Å². The lowest BCUT2D eigenvalue weighted by atomic mass is 10.1. The number of benzene rings is 2. The lowest BCUT2D eigenvalue weighted by Gasteiger charge is -2.35. The third-order valence-electron chi connectivity index (χ3n) is 6.78. The molecule has 0 spiro atoms. The summed E-state index contributed by atoms with van der Waals surface area (Å²) in [6.07, 6.45) is -0.249. The Kier molecular flexibility index (Phi) is 9.50. The molecule has 208 valence electrons. The average molecular weight is 538 g/mol. The number of piperazine rings is 1. The third kappa shape index (κ3) is 7.55. The first-order valence-corrected chi connectivity index (χ1v) is 13.1. The van der Waals surface area contributed by atoms with Crippen LogP contribution in [0.4, 0.5) is 10.5 Å². The molecule has 4 rings (SSSR count). The highest BCUT2D eigenvalue weighted by Gasteiger charge is 2.34. The zero-order valence-corrected chi connectivity index (χ0v) is 22.4. The summed E-state index contributed by atoms with van der Waals surface area (Å²) in [5.41, 5.74) is 1.57. The number of hydrogen-bond acceptors (Lipinski definition) is 9. The van der Waals surface area contributed by atoms with Crippen LogP contribution in [0.5, 0.6) is 5.75 Å². The van der Waals surface area contributed by atoms with Crippen molar-refractivity contribution in [3.63, 3.8) is 0 Å². The minimum atomic E-state index is -0.409. The molecule has 2 aromatic rings. The lowest BCUT2D eigenvalue weighted by molar-refractivity contribution is -0.143. The van der Waals surface area contributed by atoms with Crippen LogP contribution in [0.1, 0.15) is 29.3 Å². The van der Waals surface area contributed by atoms with Crippen LogP contribution in [0, 0.1) is 5.41 Å². The molecule has 0 bridgehead atoms. The normalized spacial score (nSPS) is 17.9. The van der Waals surface area contributed by atoms with Crippen LogP contribution in [0.25, 0.3) is 0 Å². The third-order valence-corrected chi connectivity index (χ3v) is 6.78. The van der Waals surface area contributed by atoms with E-state index in [1.807, 2.05) is 6.92 Å². The van der Waals surface area contributed by atoms with Crippen molar-refractivity contribution in [1.29, 1.82) is 5.41 Å². The maximum Gasteiger partial charge on any atom is 0.414 e. The molecule has 2 fully saturated rings. The van der Waals surface area contributed by atoms with Crippen molar-refractivity contribution in [1.82, 2.24) is 15.1 Å². The summed E-state index contributed by atoms with van der Waals surface area (Å²) in [5, 5.41) is 10.9. The number of anilines is 1. The molecule has 2 aliphatic heterocycles. The predicted molar refractivity (Wildman–Crippen MR) is 145 cm³/mol. The molecule has 2 aliphatic rings. The van der Waals surface area contributed by atoms with Gasteiger partial charge in [0.2, 0.25) is 0 Å². The van der Waals surface area contributed by atoms with Crippen molar-refractivity contribution in [3.05, 3.63) is 59.7 Å². The number of methoxy groups -OCH3 is 1. The number of esters is 1. The van der Waals surface area contributed by atoms with Gasteiger partial charge in [0.15, 0.2) is 0 Å². The average Bonchev–Trinajstić information content (AvgIpc) is 3.32. The number of hydrogen-bond donors (Lipinski definition) is 2. The standard InChI is InChI=1S/C28H35N5O6/c1-3-38-25(34)11-12-31-13-15-32(16-14-31)18-24-19-33(28(36)39-24)22-9-7-20(8-10-22)26(29)30-27(35)21-5-4-6-23(17-21)37-2/h4-10,17,24H,3,11-16,18-19H2,1-2H3,(H2,29,30,35). The van der Waals surface area contributed by atoms with Gasteiger partial charge in [0, 0.05) is 56.1 Å². The van der Waals surface area contributed by atoms with Crippen molar-refractivity contribution in [2.45, 2.75) is 19.4 Å². The zero-order valence-electron chi connectivity index (χ0n) is 22.4. The van der Waals surface area contributed by atoms with Gasteiger partial charge in [-0.05, 0) is 49.4 Å². The molecule has 11 nitrogen and oxygen atoms in total. The SMILES string of the molecule is CCOC(=O)CCN1CCN(CC2CN(c3ccc(C(=N)NC(=O)c4cccc(OC)c4)cc3)C(=O)O2)CC1. The number of carbonyl (C=O) groups excluding carboxylic acids is 3. The fraction of sp³-hybridized carbons (Fsp3) is 0.429. The van der Waals surface area contributed by atoms with E-state index in [1.54, 1.807) is 53.4 Å². The second-order valence-electron chi connectivity index (χ2n) is 9.42. The molecule has 0 aromatic heterocycles. The van der Waals surface area contributed by atoms with E-state index in [4.69, 9.17) is 19.6 Å². The smallest absolute Gasteiger partial charge is 0.414 e. The fourth-order valence-electron chi connectivity index (χ4n) is 4.62. The molecule has 2 amide bonds. The molecule has 2 aromatic carbocycles. The molecule has 0 radical (unpaired) electrons. The van der Waals surface area contributed by atoms with Gasteiger partial charge in [-0.1, -0.05) is 6.07 Å². The molecule has 0 saturated carbocycles. The lowest BCUT2D eigenvalue weighted by Crippen LogP contribution is -2.49. The van der Waals surface area contributed by atoms with E-state index in [1.165, 1.54) is 7.11 Å². The monoisotopic (exact) mass is 537 g/mol. The minimum absolute atomic E-state index is 0.0438. The largest absolute Gasteiger partial charge is 0.497 e. The van der Waals surface area contributed by atoms with Gasteiger partial charge in [-0.25, -0.2) is 4.79 Å². The minimum Gasteiger partial charge on any atom is -0.497 e. The number of ether oxygens (including phenoxy) is 3. The van der Waals surface area contributed by atoms with E-state index in [0.29, 0.717) is 55.2 Å². The first-order chi connectivity index (χ1) is 18.9. The Hall–Kier alpha value is -3.96. The molecular weight excluding hydrogens is 502 g/mol. The van der Waals surface area contributed by atoms with Crippen molar-refractivity contribution in [2.75, 3.05) is 64.4 Å². The Bertz CT molecular complexity index is 1180. The maximum absolute atomic E-state index is 12.6. The maximum atomic E-state index is 12.6. The zero-order chi connectivity index (χ0) is 27.8. The summed E-state index contributed by atoms with van der Waals surface area (Å²) in [5.74, 6) is -0.0604. The van der Waals surface area contributed by atoms with Crippen molar-refractivity contribution in [3.8, 4) is 5.75 Å². The highest BCUT2D eigenvalue weighted by atomic mass is 16.6. The van der Waals surface area contributed by atoms with Gasteiger partial charge in [0.1, 0.15) is 17.7 Å². The molecule has 2 N–H and O–H groups in total. The Labute approximate surface area is 228 Å². The predicted octanol–water partition coefficient (Wildman–Crippen LogP) is 2.35. The molecule has 1 atom stereocenters. The molecule has 39 heavy (non-hydrogen) atoms. The Morgan fingerprint density at radius 2 is 1.77 bits per heavy atom. The van der Waals surface area contributed by atoms with Gasteiger partial charge in [0.05, 0.1) is 26.7 Å². The highest BCUT2D eigenvalue weighted by molar-refractivity contribution is 6.11. The molecule has 2 saturated heterocycles. The van der Waals surface area contributed by atoms with E-state index in [-0.39, 0.29) is 17.9 Å². The van der Waals surface area contributed by atoms with Gasteiger partial charge >= 0.3 is 12.1 Å². The van der Waals surface area contributed by atoms with Gasteiger partial charge in [0.25, 0.3) is 5.91 Å². The Balaban J connectivity index is 1.24. The van der Waals surface area contributed by atoms with Crippen molar-refractivity contribution in [2.24, 2.45) is 0 Å². The van der Waals surface area contributed by atoms with Crippen molar-refractivity contribution < 1.29 is 28.6 Å². The molecular formula is C28H35N5O6. The first kappa shape index (κ1) is 28.1. The quantitative estimate of drug-likeness (QED) is 0.269. The number of nitrogens with one attached hydrogen (secondary N) is 2. The van der Waals surface area contributed by atoms with Crippen LogP contribution in [-0.4, -0.2) is 99.2 Å². The summed E-state index contributed by atoms with van der Waals surface area (Å²) in [7, 11) is 1.53. The summed E-state index contributed by atoms with van der Waals surface area (Å²) in [6, 6.07) is 13.6. The number of carbonyl (C=O) groups is 3. The number of rotatable bonds is 10. The Morgan fingerprint density at radius 3 is 2.46 bits per heavy atom. The van der Waals surface area contributed by atoms with Crippen LogP contribution in [0.15, 0.2) is 48.5 Å². The van der Waals surface area contributed by atoms with Gasteiger partial charge in [-0.2, -0.15) is 0 Å². The first-order valence-electron chi connectivity index (χ1n) is 13.1. The van der Waals surface area contributed by atoms with Gasteiger partial charge < -0.3 is 24.4 Å². The van der Waals surface area contributed by atoms with Gasteiger partial charge in [-0.3, -0.25) is 24.8 Å². The van der Waals surface area contributed by atoms with E-state index in [0.717, 1.165) is 26.2 Å². The van der Waals surface area contributed by atoms with E-state index < -0.39 is 12.0 Å². The van der Waals surface area contributed by atoms with Crippen molar-refractivity contribution >= 4 is 29.5 Å². The summed E-state index contributed by atoms with van der Waals surface area (Å²) in [6.45, 7) is 7.37. The second kappa shape index (κ2) is 13.2. The van der Waals surface area contributed by atoms with E-state index >= 15 is 0 Å². The molecule has 1 unspecified atom stereocenters. The number of cyclic esters (lactones) is 1. The topological polar surface area (TPSA) is 125 Å². The summed E-state index contributed by atoms with van der Waals surface area (Å²) < 4.78 is 15.8. The Morgan fingerprint density at radius 1 is 1.05 bits per heavy atom. The molecule has 2 heterocycles. The van der Waals surface area contributed by atoms with E-state index in [9.17, 15) is 14.4 Å². The number of amidine groups is 1. The van der Waals surface area contributed by atoms with Crippen LogP contribution in [0.3, 0.4) is 0 Å².